The molecule has 5 heterocycles. The van der Waals surface area contributed by atoms with E-state index in [0.29, 0.717) is 54.8 Å². The van der Waals surface area contributed by atoms with Crippen LogP contribution in [0.2, 0.25) is 0 Å². The molecule has 0 radical (unpaired) electrons. The molecule has 0 saturated carbocycles. The first-order chi connectivity index (χ1) is 20.3. The topological polar surface area (TPSA) is 74.7 Å². The van der Waals surface area contributed by atoms with Crippen molar-refractivity contribution in [3.8, 4) is 17.1 Å². The van der Waals surface area contributed by atoms with Gasteiger partial charge in [-0.05, 0) is 68.8 Å². The van der Waals surface area contributed by atoms with Crippen molar-refractivity contribution in [1.82, 2.24) is 24.8 Å². The fraction of sp³-hybridized carbons (Fsp3) is 0.484. The maximum atomic E-state index is 15.9. The van der Waals surface area contributed by atoms with Crippen LogP contribution in [-0.2, 0) is 17.6 Å². The third-order valence-corrected chi connectivity index (χ3v) is 9.41. The van der Waals surface area contributed by atoms with Crippen molar-refractivity contribution in [2.75, 3.05) is 38.2 Å². The number of hydrogen-bond donors (Lipinski definition) is 0. The summed E-state index contributed by atoms with van der Waals surface area (Å²) in [5, 5.41) is 0.529. The highest BCUT2D eigenvalue weighted by molar-refractivity contribution is 5.95. The number of alkyl halides is 1. The summed E-state index contributed by atoms with van der Waals surface area (Å²) < 4.78 is 49.6. The van der Waals surface area contributed by atoms with Gasteiger partial charge in [0, 0.05) is 54.6 Å². The highest BCUT2D eigenvalue weighted by atomic mass is 19.1. The van der Waals surface area contributed by atoms with E-state index in [1.165, 1.54) is 11.0 Å². The van der Waals surface area contributed by atoms with Gasteiger partial charge in [-0.2, -0.15) is 9.97 Å². The van der Waals surface area contributed by atoms with Crippen LogP contribution in [0.1, 0.15) is 36.8 Å². The molecule has 0 N–H and O–H groups in total. The number of nitrogens with zero attached hydrogens (tertiary/aromatic N) is 6. The largest absolute Gasteiger partial charge is 0.462 e. The minimum absolute atomic E-state index is 0.0967. The number of carbonyl (C=O) groups excluding carboxylic acids is 1. The van der Waals surface area contributed by atoms with Crippen LogP contribution in [-0.4, -0.2) is 88.2 Å². The molecular formula is C31H33F3N6O2. The lowest BCUT2D eigenvalue weighted by atomic mass is 9.87. The normalized spacial score (nSPS) is 25.3. The molecular weight excluding hydrogens is 545 g/mol. The molecule has 1 amide bonds. The molecule has 3 aromatic rings. The van der Waals surface area contributed by atoms with Gasteiger partial charge in [0.05, 0.1) is 17.6 Å². The Balaban J connectivity index is 1.27. The fourth-order valence-electron chi connectivity index (χ4n) is 7.14. The summed E-state index contributed by atoms with van der Waals surface area (Å²) in [6.45, 7) is 4.57. The summed E-state index contributed by atoms with van der Waals surface area (Å²) in [6, 6.07) is 2.96. The van der Waals surface area contributed by atoms with Gasteiger partial charge in [0.15, 0.2) is 5.83 Å². The van der Waals surface area contributed by atoms with Gasteiger partial charge < -0.3 is 14.5 Å². The second kappa shape index (κ2) is 10.5. The average molecular weight is 579 g/mol. The molecule has 4 aliphatic rings. The molecule has 3 fully saturated rings. The first-order valence-electron chi connectivity index (χ1n) is 14.6. The lowest BCUT2D eigenvalue weighted by Gasteiger charge is -2.47. The highest BCUT2D eigenvalue weighted by Gasteiger charge is 2.50. The standard InChI is InChI=1S/C31H33F3N6O2/c1-17(32)30(41)39-8-7-27-28(39)15-40(27)29-23-10-25(34)22(24-13-35-12-18-5-3-4-6-21(18)24)11-26(23)36-31(37-29)42-16-20-9-19(33)14-38(20)2/h10-13,19-20,27-28H,1,3-9,14-16H2,2H3/t19-,20+,27-,28-/m1/s1. The smallest absolute Gasteiger partial charge is 0.319 e. The number of likely N-dealkylation sites (tertiary alicyclic amines) is 2. The summed E-state index contributed by atoms with van der Waals surface area (Å²) in [5.41, 5.74) is 4.01. The molecule has 0 spiro atoms. The molecule has 0 bridgehead atoms. The fourth-order valence-corrected chi connectivity index (χ4v) is 7.14. The number of benzene rings is 1. The van der Waals surface area contributed by atoms with Crippen LogP contribution in [0.4, 0.5) is 19.0 Å². The number of halogens is 3. The SMILES string of the molecule is C=C(F)C(=O)N1CC[C@@H]2[C@H]1CN2c1nc(OC[C@@H]2C[C@@H](F)CN2C)nc2cc(-c3cncc4c3CCCC4)c(F)cc12. The Hall–Kier alpha value is -3.73. The van der Waals surface area contributed by atoms with Gasteiger partial charge >= 0.3 is 6.01 Å². The van der Waals surface area contributed by atoms with Crippen molar-refractivity contribution < 1.29 is 22.7 Å². The van der Waals surface area contributed by atoms with Crippen LogP contribution in [0, 0.1) is 5.82 Å². The van der Waals surface area contributed by atoms with Crippen molar-refractivity contribution in [3.05, 3.63) is 53.9 Å². The number of fused-ring (bicyclic) bond motifs is 3. The Morgan fingerprint density at radius 3 is 2.74 bits per heavy atom. The van der Waals surface area contributed by atoms with E-state index in [4.69, 9.17) is 9.72 Å². The summed E-state index contributed by atoms with van der Waals surface area (Å²) in [5.74, 6) is -1.55. The van der Waals surface area contributed by atoms with Crippen molar-refractivity contribution in [1.29, 1.82) is 0 Å². The lowest BCUT2D eigenvalue weighted by Crippen LogP contribution is -2.63. The van der Waals surface area contributed by atoms with E-state index < -0.39 is 23.7 Å². The van der Waals surface area contributed by atoms with Gasteiger partial charge in [0.2, 0.25) is 0 Å². The highest BCUT2D eigenvalue weighted by Crippen LogP contribution is 2.41. The molecule has 3 saturated heterocycles. The number of aromatic nitrogens is 3. The molecule has 8 nitrogen and oxygen atoms in total. The first-order valence-corrected chi connectivity index (χ1v) is 14.6. The zero-order valence-corrected chi connectivity index (χ0v) is 23.5. The Kier molecular flexibility index (Phi) is 6.79. The molecule has 0 unspecified atom stereocenters. The van der Waals surface area contributed by atoms with Gasteiger partial charge in [-0.25, -0.2) is 13.2 Å². The maximum absolute atomic E-state index is 15.9. The van der Waals surface area contributed by atoms with Crippen LogP contribution < -0.4 is 9.64 Å². The second-order valence-corrected chi connectivity index (χ2v) is 11.9. The molecule has 3 aliphatic heterocycles. The number of anilines is 1. The molecule has 7 rings (SSSR count). The third kappa shape index (κ3) is 4.58. The molecule has 1 aromatic carbocycles. The predicted octanol–water partition coefficient (Wildman–Crippen LogP) is 4.40. The van der Waals surface area contributed by atoms with Crippen molar-refractivity contribution in [2.45, 2.75) is 62.8 Å². The molecule has 1 aliphatic carbocycles. The summed E-state index contributed by atoms with van der Waals surface area (Å²) in [7, 11) is 1.86. The first kappa shape index (κ1) is 27.1. The van der Waals surface area contributed by atoms with Gasteiger partial charge in [0.1, 0.15) is 24.4 Å². The number of hydrogen-bond acceptors (Lipinski definition) is 7. The van der Waals surface area contributed by atoms with Crippen molar-refractivity contribution in [2.24, 2.45) is 0 Å². The zero-order chi connectivity index (χ0) is 29.1. The van der Waals surface area contributed by atoms with Gasteiger partial charge in [-0.3, -0.25) is 14.7 Å². The van der Waals surface area contributed by atoms with E-state index in [9.17, 15) is 13.6 Å². The second-order valence-electron chi connectivity index (χ2n) is 11.9. The quantitative estimate of drug-likeness (QED) is 0.402. The molecule has 11 heteroatoms. The number of carbonyl (C=O) groups is 1. The van der Waals surface area contributed by atoms with Gasteiger partial charge in [0.25, 0.3) is 5.91 Å². The van der Waals surface area contributed by atoms with Gasteiger partial charge in [-0.15, -0.1) is 0 Å². The van der Waals surface area contributed by atoms with Crippen LogP contribution >= 0.6 is 0 Å². The Morgan fingerprint density at radius 1 is 1.12 bits per heavy atom. The van der Waals surface area contributed by atoms with Gasteiger partial charge in [-0.1, -0.05) is 6.58 Å². The zero-order valence-electron chi connectivity index (χ0n) is 23.5. The monoisotopic (exact) mass is 578 g/mol. The summed E-state index contributed by atoms with van der Waals surface area (Å²) in [4.78, 5) is 31.6. The number of rotatable bonds is 6. The maximum Gasteiger partial charge on any atom is 0.319 e. The van der Waals surface area contributed by atoms with E-state index >= 15 is 4.39 Å². The minimum atomic E-state index is -0.975. The van der Waals surface area contributed by atoms with E-state index in [1.807, 2.05) is 23.0 Å². The van der Waals surface area contributed by atoms with Crippen LogP contribution in [0.3, 0.4) is 0 Å². The minimum Gasteiger partial charge on any atom is -0.462 e. The summed E-state index contributed by atoms with van der Waals surface area (Å²) in [6.07, 6.45) is 7.63. The number of ether oxygens (including phenoxy) is 1. The Labute approximate surface area is 242 Å². The van der Waals surface area contributed by atoms with Crippen LogP contribution in [0.25, 0.3) is 22.0 Å². The Morgan fingerprint density at radius 2 is 1.95 bits per heavy atom. The van der Waals surface area contributed by atoms with E-state index in [0.717, 1.165) is 42.4 Å². The lowest BCUT2D eigenvalue weighted by molar-refractivity contribution is -0.130. The number of pyridine rings is 1. The van der Waals surface area contributed by atoms with Crippen LogP contribution in [0.5, 0.6) is 6.01 Å². The molecule has 42 heavy (non-hydrogen) atoms. The van der Waals surface area contributed by atoms with E-state index in [-0.39, 0.29) is 30.7 Å². The van der Waals surface area contributed by atoms with E-state index in [1.54, 1.807) is 12.3 Å². The van der Waals surface area contributed by atoms with Crippen molar-refractivity contribution in [3.63, 3.8) is 0 Å². The van der Waals surface area contributed by atoms with E-state index in [2.05, 4.69) is 16.5 Å². The van der Waals surface area contributed by atoms with Crippen molar-refractivity contribution >= 4 is 22.6 Å². The predicted molar refractivity (Wildman–Crippen MR) is 152 cm³/mol. The molecule has 2 aromatic heterocycles. The number of aryl methyl sites for hydroxylation is 1. The summed E-state index contributed by atoms with van der Waals surface area (Å²) >= 11 is 0. The molecule has 220 valence electrons. The average Bonchev–Trinajstić information content (AvgIpc) is 3.47. The Bertz CT molecular complexity index is 1580. The molecule has 4 atom stereocenters. The third-order valence-electron chi connectivity index (χ3n) is 9.41. The number of likely N-dealkylation sites (N-methyl/N-ethyl adjacent to an activating group) is 1. The van der Waals surface area contributed by atoms with Crippen LogP contribution in [0.15, 0.2) is 36.9 Å². The number of amides is 1.